The molecule has 0 radical (unpaired) electrons. The third kappa shape index (κ3) is 8.48. The molecule has 0 spiro atoms. The minimum Gasteiger partial charge on any atom is -0.507 e. The summed E-state index contributed by atoms with van der Waals surface area (Å²) in [6, 6.07) is 8.62. The lowest BCUT2D eigenvalue weighted by Crippen LogP contribution is -2.23. The SMILES string of the molecule is CC(C)(C)c1cc(CNCCCNCc2cc(C(C)(C)C)cc(C(C)(C)C)c2O)c(O)c(C(C)(C)C)c1. The van der Waals surface area contributed by atoms with E-state index in [1.54, 1.807) is 0 Å². The number of rotatable bonds is 8. The molecule has 0 heterocycles. The molecular weight excluding hydrogens is 456 g/mol. The predicted molar refractivity (Wildman–Crippen MR) is 159 cm³/mol. The number of phenols is 2. The van der Waals surface area contributed by atoms with E-state index in [1.807, 2.05) is 0 Å². The van der Waals surface area contributed by atoms with Crippen LogP contribution in [0.5, 0.6) is 11.5 Å². The van der Waals surface area contributed by atoms with Crippen LogP contribution in [0.2, 0.25) is 0 Å². The summed E-state index contributed by atoms with van der Waals surface area (Å²) in [5, 5.41) is 29.0. The Morgan fingerprint density at radius 3 is 1.11 bits per heavy atom. The molecule has 208 valence electrons. The van der Waals surface area contributed by atoms with Crippen LogP contribution in [0.25, 0.3) is 0 Å². The normalized spacial score (nSPS) is 13.3. The van der Waals surface area contributed by atoms with Gasteiger partial charge in [-0.1, -0.05) is 107 Å². The van der Waals surface area contributed by atoms with Crippen molar-refractivity contribution in [1.29, 1.82) is 0 Å². The maximum atomic E-state index is 11.0. The molecule has 0 unspecified atom stereocenters. The van der Waals surface area contributed by atoms with E-state index in [2.05, 4.69) is 118 Å². The quantitative estimate of drug-likeness (QED) is 0.277. The maximum absolute atomic E-state index is 11.0. The summed E-state index contributed by atoms with van der Waals surface area (Å²) < 4.78 is 0. The zero-order valence-corrected chi connectivity index (χ0v) is 25.7. The summed E-state index contributed by atoms with van der Waals surface area (Å²) in [7, 11) is 0. The van der Waals surface area contributed by atoms with Crippen molar-refractivity contribution in [1.82, 2.24) is 10.6 Å². The Morgan fingerprint density at radius 2 is 0.838 bits per heavy atom. The van der Waals surface area contributed by atoms with Crippen LogP contribution < -0.4 is 10.6 Å². The molecule has 0 bridgehead atoms. The number of aromatic hydroxyl groups is 2. The van der Waals surface area contributed by atoms with Crippen LogP contribution in [0, 0.1) is 0 Å². The van der Waals surface area contributed by atoms with Crippen LogP contribution >= 0.6 is 0 Å². The van der Waals surface area contributed by atoms with Crippen LogP contribution in [0.15, 0.2) is 24.3 Å². The molecule has 0 aliphatic heterocycles. The number of hydrogen-bond donors (Lipinski definition) is 4. The fraction of sp³-hybridized carbons (Fsp3) is 0.636. The van der Waals surface area contributed by atoms with Gasteiger partial charge in [-0.2, -0.15) is 0 Å². The van der Waals surface area contributed by atoms with Gasteiger partial charge in [0.2, 0.25) is 0 Å². The zero-order chi connectivity index (χ0) is 28.4. The van der Waals surface area contributed by atoms with Gasteiger partial charge in [0, 0.05) is 24.2 Å². The van der Waals surface area contributed by atoms with Crippen molar-refractivity contribution in [2.75, 3.05) is 13.1 Å². The largest absolute Gasteiger partial charge is 0.507 e. The standard InChI is InChI=1S/C33H54N2O2/c1-30(2,3)24-16-22(28(36)26(18-24)32(7,8)9)20-34-14-13-15-35-21-23-17-25(31(4,5)6)19-27(29(23)37)33(10,11)12/h16-19,34-37H,13-15,20-21H2,1-12H3. The van der Waals surface area contributed by atoms with Gasteiger partial charge in [-0.15, -0.1) is 0 Å². The number of hydrogen-bond acceptors (Lipinski definition) is 4. The first-order valence-corrected chi connectivity index (χ1v) is 13.9. The van der Waals surface area contributed by atoms with E-state index >= 15 is 0 Å². The molecule has 0 saturated carbocycles. The van der Waals surface area contributed by atoms with Gasteiger partial charge in [0.15, 0.2) is 0 Å². The molecule has 0 saturated heterocycles. The van der Waals surface area contributed by atoms with Gasteiger partial charge in [-0.25, -0.2) is 0 Å². The van der Waals surface area contributed by atoms with Crippen molar-refractivity contribution >= 4 is 0 Å². The topological polar surface area (TPSA) is 64.5 Å². The number of nitrogens with one attached hydrogen (secondary N) is 2. The molecule has 0 aromatic heterocycles. The monoisotopic (exact) mass is 510 g/mol. The molecule has 0 aliphatic carbocycles. The molecular formula is C33H54N2O2. The van der Waals surface area contributed by atoms with E-state index < -0.39 is 0 Å². The smallest absolute Gasteiger partial charge is 0.123 e. The Kier molecular flexibility index (Phi) is 9.58. The third-order valence-corrected chi connectivity index (χ3v) is 7.06. The molecule has 37 heavy (non-hydrogen) atoms. The minimum atomic E-state index is -0.118. The van der Waals surface area contributed by atoms with E-state index in [-0.39, 0.29) is 21.7 Å². The van der Waals surface area contributed by atoms with Crippen LogP contribution in [0.1, 0.15) is 123 Å². The lowest BCUT2D eigenvalue weighted by atomic mass is 9.79. The molecule has 2 rings (SSSR count). The van der Waals surface area contributed by atoms with E-state index in [9.17, 15) is 10.2 Å². The lowest BCUT2D eigenvalue weighted by Gasteiger charge is -2.27. The first-order chi connectivity index (χ1) is 16.7. The molecule has 2 aromatic rings. The Hall–Kier alpha value is -2.04. The van der Waals surface area contributed by atoms with Crippen molar-refractivity contribution in [2.45, 2.75) is 124 Å². The second-order valence-electron chi connectivity index (χ2n) is 14.8. The highest BCUT2D eigenvalue weighted by molar-refractivity contribution is 5.49. The molecule has 2 aromatic carbocycles. The second kappa shape index (κ2) is 11.4. The van der Waals surface area contributed by atoms with Gasteiger partial charge in [-0.05, 0) is 63.4 Å². The van der Waals surface area contributed by atoms with E-state index in [1.165, 1.54) is 11.1 Å². The molecule has 4 N–H and O–H groups in total. The van der Waals surface area contributed by atoms with E-state index in [0.29, 0.717) is 24.6 Å². The number of phenolic OH excluding ortho intramolecular Hbond substituents is 2. The molecule has 4 nitrogen and oxygen atoms in total. The average molecular weight is 511 g/mol. The van der Waals surface area contributed by atoms with Crippen molar-refractivity contribution in [3.8, 4) is 11.5 Å². The van der Waals surface area contributed by atoms with Gasteiger partial charge in [0.1, 0.15) is 11.5 Å². The molecule has 0 aliphatic rings. The first-order valence-electron chi connectivity index (χ1n) is 13.9. The Labute approximate surface area is 227 Å². The molecule has 0 atom stereocenters. The van der Waals surface area contributed by atoms with Crippen LogP contribution in [0.4, 0.5) is 0 Å². The van der Waals surface area contributed by atoms with Gasteiger partial charge in [-0.3, -0.25) is 0 Å². The minimum absolute atomic E-state index is 0.0229. The summed E-state index contributed by atoms with van der Waals surface area (Å²) in [6.45, 7) is 29.2. The Morgan fingerprint density at radius 1 is 0.514 bits per heavy atom. The summed E-state index contributed by atoms with van der Waals surface area (Å²) in [6.07, 6.45) is 0.956. The van der Waals surface area contributed by atoms with Crippen LogP contribution in [-0.4, -0.2) is 23.3 Å². The predicted octanol–water partition coefficient (Wildman–Crippen LogP) is 7.56. The van der Waals surface area contributed by atoms with Crippen molar-refractivity contribution in [3.05, 3.63) is 57.6 Å². The third-order valence-electron chi connectivity index (χ3n) is 7.06. The Balaban J connectivity index is 2.00. The van der Waals surface area contributed by atoms with Gasteiger partial charge >= 0.3 is 0 Å². The van der Waals surface area contributed by atoms with Crippen LogP contribution in [-0.2, 0) is 34.7 Å². The highest BCUT2D eigenvalue weighted by Crippen LogP contribution is 2.39. The highest BCUT2D eigenvalue weighted by Gasteiger charge is 2.26. The summed E-state index contributed by atoms with van der Waals surface area (Å²) in [5.74, 6) is 0.824. The second-order valence-corrected chi connectivity index (χ2v) is 14.8. The summed E-state index contributed by atoms with van der Waals surface area (Å²) >= 11 is 0. The average Bonchev–Trinajstić information content (AvgIpc) is 2.71. The first kappa shape index (κ1) is 31.2. The van der Waals surface area contributed by atoms with Crippen LogP contribution in [0.3, 0.4) is 0 Å². The van der Waals surface area contributed by atoms with Crippen molar-refractivity contribution < 1.29 is 10.2 Å². The van der Waals surface area contributed by atoms with Gasteiger partial charge in [0.05, 0.1) is 0 Å². The highest BCUT2D eigenvalue weighted by atomic mass is 16.3. The van der Waals surface area contributed by atoms with Crippen molar-refractivity contribution in [3.63, 3.8) is 0 Å². The van der Waals surface area contributed by atoms with E-state index in [4.69, 9.17) is 0 Å². The molecule has 4 heteroatoms. The summed E-state index contributed by atoms with van der Waals surface area (Å²) in [5.41, 5.74) is 6.24. The molecule has 0 amide bonds. The van der Waals surface area contributed by atoms with Gasteiger partial charge in [0.25, 0.3) is 0 Å². The fourth-order valence-electron chi connectivity index (χ4n) is 4.45. The Bertz CT molecular complexity index is 973. The fourth-order valence-corrected chi connectivity index (χ4v) is 4.45. The molecule has 0 fully saturated rings. The van der Waals surface area contributed by atoms with E-state index in [0.717, 1.165) is 41.8 Å². The lowest BCUT2D eigenvalue weighted by molar-refractivity contribution is 0.434. The number of benzene rings is 2. The maximum Gasteiger partial charge on any atom is 0.123 e. The van der Waals surface area contributed by atoms with Crippen molar-refractivity contribution in [2.24, 2.45) is 0 Å². The van der Waals surface area contributed by atoms with Gasteiger partial charge < -0.3 is 20.8 Å². The summed E-state index contributed by atoms with van der Waals surface area (Å²) in [4.78, 5) is 0. The zero-order valence-electron chi connectivity index (χ0n) is 25.7.